The summed E-state index contributed by atoms with van der Waals surface area (Å²) in [6, 6.07) is 1.49. The summed E-state index contributed by atoms with van der Waals surface area (Å²) in [4.78, 5) is 34.7. The Morgan fingerprint density at radius 1 is 1.04 bits per heavy atom. The molecule has 1 aromatic carbocycles. The van der Waals surface area contributed by atoms with Crippen molar-refractivity contribution < 1.29 is 33.1 Å². The summed E-state index contributed by atoms with van der Waals surface area (Å²) in [5.41, 5.74) is 1.98. The first-order valence-corrected chi connectivity index (χ1v) is 22.1. The smallest absolute Gasteiger partial charge is 0.265 e. The number of aliphatic hydroxyl groups is 1. The molecule has 0 spiro atoms. The van der Waals surface area contributed by atoms with Crippen molar-refractivity contribution in [3.05, 3.63) is 45.4 Å². The van der Waals surface area contributed by atoms with Gasteiger partial charge in [0.1, 0.15) is 17.1 Å². The van der Waals surface area contributed by atoms with E-state index in [-0.39, 0.29) is 39.5 Å². The lowest BCUT2D eigenvalue weighted by Gasteiger charge is -2.55. The Morgan fingerprint density at radius 2 is 1.69 bits per heavy atom. The molecule has 3 aliphatic rings. The lowest BCUT2D eigenvalue weighted by Crippen LogP contribution is -2.65. The molecule has 1 aromatic heterocycles. The van der Waals surface area contributed by atoms with Gasteiger partial charge in [-0.05, 0) is 92.7 Å². The van der Waals surface area contributed by atoms with Gasteiger partial charge in [0.15, 0.2) is 25.5 Å². The zero-order valence-electron chi connectivity index (χ0n) is 33.6. The summed E-state index contributed by atoms with van der Waals surface area (Å²) in [6.07, 6.45) is 4.38. The molecule has 4 atom stereocenters. The van der Waals surface area contributed by atoms with Crippen LogP contribution in [0.25, 0.3) is 0 Å². The second kappa shape index (κ2) is 15.3. The Morgan fingerprint density at radius 3 is 2.27 bits per heavy atom. The summed E-state index contributed by atoms with van der Waals surface area (Å²) in [7, 11) is 5.08. The monoisotopic (exact) mass is 738 g/mol. The van der Waals surface area contributed by atoms with Crippen LogP contribution in [0.15, 0.2) is 21.9 Å². The molecule has 2 N–H and O–H groups in total. The number of carbonyl (C=O) groups excluding carboxylic acids is 2. The molecule has 0 radical (unpaired) electrons. The maximum Gasteiger partial charge on any atom is 0.265 e. The molecule has 0 amide bonds. The SMILES string of the molecule is CCCCOc1cc(CNCC)c(N(C)C)c2c1C(=O)C1=C(O)[C@]3(O[Si](C)(C)C(C)(C)C)C(=O)c4c(OCCCC)noc4[C@@H](N(C)C)[C@@H]3C[C@@H]1C2. The number of nitrogens with one attached hydrogen (secondary N) is 1. The maximum atomic E-state index is 15.4. The molecule has 0 bridgehead atoms. The molecule has 0 fully saturated rings. The Bertz CT molecular complexity index is 1690. The number of hydrogen-bond acceptors (Lipinski definition) is 11. The van der Waals surface area contributed by atoms with Gasteiger partial charge in [0.25, 0.3) is 5.88 Å². The van der Waals surface area contributed by atoms with E-state index in [1.54, 1.807) is 0 Å². The third-order valence-corrected chi connectivity index (χ3v) is 16.1. The van der Waals surface area contributed by atoms with Gasteiger partial charge in [-0.2, -0.15) is 0 Å². The number of unbranched alkanes of at least 4 members (excludes halogenated alkanes) is 2. The topological polar surface area (TPSA) is 127 Å². The molecule has 11 nitrogen and oxygen atoms in total. The predicted octanol–water partition coefficient (Wildman–Crippen LogP) is 7.65. The van der Waals surface area contributed by atoms with Crippen LogP contribution in [0.5, 0.6) is 11.6 Å². The molecule has 2 aromatic rings. The molecule has 0 aliphatic heterocycles. The van der Waals surface area contributed by atoms with Gasteiger partial charge in [-0.25, -0.2) is 0 Å². The minimum Gasteiger partial charge on any atom is -0.508 e. The number of anilines is 1. The summed E-state index contributed by atoms with van der Waals surface area (Å²) < 4.78 is 25.8. The molecule has 12 heteroatoms. The third kappa shape index (κ3) is 6.73. The van der Waals surface area contributed by atoms with Gasteiger partial charge in [-0.3, -0.25) is 14.5 Å². The van der Waals surface area contributed by atoms with Crippen LogP contribution >= 0.6 is 0 Å². The van der Waals surface area contributed by atoms with Gasteiger partial charge < -0.3 is 33.7 Å². The summed E-state index contributed by atoms with van der Waals surface area (Å²) in [5, 5.41) is 20.4. The highest BCUT2D eigenvalue weighted by Crippen LogP contribution is 2.60. The van der Waals surface area contributed by atoms with Crippen LogP contribution in [0.4, 0.5) is 5.69 Å². The highest BCUT2D eigenvalue weighted by molar-refractivity contribution is 6.74. The molecular formula is C40H62N4O7Si. The second-order valence-corrected chi connectivity index (χ2v) is 21.4. The molecule has 0 unspecified atom stereocenters. The van der Waals surface area contributed by atoms with E-state index in [1.165, 1.54) is 0 Å². The largest absolute Gasteiger partial charge is 0.508 e. The maximum absolute atomic E-state index is 15.4. The van der Waals surface area contributed by atoms with Gasteiger partial charge in [0, 0.05) is 37.8 Å². The molecule has 0 saturated carbocycles. The lowest BCUT2D eigenvalue weighted by atomic mass is 9.58. The average Bonchev–Trinajstić information content (AvgIpc) is 3.47. The van der Waals surface area contributed by atoms with Crippen LogP contribution in [0.1, 0.15) is 117 Å². The Kier molecular flexibility index (Phi) is 11.8. The number of Topliss-reactive ketones (excluding diaryl/α,β-unsaturated/α-hetero) is 2. The van der Waals surface area contributed by atoms with E-state index in [2.05, 4.69) is 70.0 Å². The molecule has 288 valence electrons. The highest BCUT2D eigenvalue weighted by Gasteiger charge is 2.67. The van der Waals surface area contributed by atoms with Crippen molar-refractivity contribution in [1.29, 1.82) is 0 Å². The zero-order valence-corrected chi connectivity index (χ0v) is 34.6. The van der Waals surface area contributed by atoms with Gasteiger partial charge in [0.2, 0.25) is 5.78 Å². The van der Waals surface area contributed by atoms with Gasteiger partial charge in [0.05, 0.1) is 24.8 Å². The number of aromatic nitrogens is 1. The van der Waals surface area contributed by atoms with E-state index in [0.29, 0.717) is 49.7 Å². The Hall–Kier alpha value is -3.19. The summed E-state index contributed by atoms with van der Waals surface area (Å²) in [6.45, 7) is 19.0. The van der Waals surface area contributed by atoms with Crippen molar-refractivity contribution in [2.75, 3.05) is 52.8 Å². The molecule has 0 saturated heterocycles. The van der Waals surface area contributed by atoms with E-state index >= 15 is 9.59 Å². The quantitative estimate of drug-likeness (QED) is 0.138. The van der Waals surface area contributed by atoms with Crippen LogP contribution in [0.2, 0.25) is 18.1 Å². The number of hydrogen-bond donors (Lipinski definition) is 2. The number of fused-ring (bicyclic) bond motifs is 4. The number of ketones is 2. The first-order chi connectivity index (χ1) is 24.5. The Labute approximate surface area is 311 Å². The second-order valence-electron chi connectivity index (χ2n) is 16.7. The predicted molar refractivity (Wildman–Crippen MR) is 207 cm³/mol. The van der Waals surface area contributed by atoms with Crippen molar-refractivity contribution in [2.24, 2.45) is 11.8 Å². The first-order valence-electron chi connectivity index (χ1n) is 19.2. The van der Waals surface area contributed by atoms with E-state index in [1.807, 2.05) is 39.2 Å². The first kappa shape index (κ1) is 40.0. The molecule has 1 heterocycles. The summed E-state index contributed by atoms with van der Waals surface area (Å²) >= 11 is 0. The normalized spacial score (nSPS) is 23.0. The van der Waals surface area contributed by atoms with Crippen molar-refractivity contribution >= 4 is 25.6 Å². The minimum atomic E-state index is -2.81. The standard InChI is InChI=1S/C40H62N4O7Si/c1-13-16-18-48-28-22-25(23-41-15-3)32(43(7)8)26-20-24-21-27-33(44(9)10)35-31(38(42-50-35)49-19-17-14-2)37(47)40(27,51-52(11,12)39(4,5)6)36(46)29(24)34(45)30(26)28/h22,24,27,33,41,46H,13-21,23H2,1-12H3/t24-,27-,33-,40-/m0/s1. The van der Waals surface area contributed by atoms with E-state index in [0.717, 1.165) is 49.0 Å². The number of carbonyl (C=O) groups is 2. The van der Waals surface area contributed by atoms with Crippen LogP contribution in [-0.2, 0) is 17.4 Å². The van der Waals surface area contributed by atoms with Crippen LogP contribution in [0.3, 0.4) is 0 Å². The number of aliphatic hydroxyl groups excluding tert-OH is 1. The number of nitrogens with zero attached hydrogens (tertiary/aromatic N) is 3. The average molecular weight is 739 g/mol. The van der Waals surface area contributed by atoms with Crippen molar-refractivity contribution in [3.8, 4) is 11.6 Å². The zero-order chi connectivity index (χ0) is 38.3. The van der Waals surface area contributed by atoms with Crippen molar-refractivity contribution in [2.45, 2.75) is 116 Å². The van der Waals surface area contributed by atoms with Gasteiger partial charge >= 0.3 is 0 Å². The van der Waals surface area contributed by atoms with Crippen LogP contribution < -0.4 is 19.7 Å². The van der Waals surface area contributed by atoms with Gasteiger partial charge in [-0.1, -0.05) is 54.4 Å². The molecule has 5 rings (SSSR count). The summed E-state index contributed by atoms with van der Waals surface area (Å²) in [5.74, 6) is -0.988. The molecular weight excluding hydrogens is 677 g/mol. The third-order valence-electron chi connectivity index (χ3n) is 11.6. The van der Waals surface area contributed by atoms with E-state index in [4.69, 9.17) is 18.4 Å². The van der Waals surface area contributed by atoms with Crippen LogP contribution in [0, 0.1) is 11.8 Å². The van der Waals surface area contributed by atoms with Crippen LogP contribution in [-0.4, -0.2) is 88.6 Å². The highest BCUT2D eigenvalue weighted by atomic mass is 28.4. The van der Waals surface area contributed by atoms with E-state index in [9.17, 15) is 5.11 Å². The number of rotatable bonds is 15. The molecule has 3 aliphatic carbocycles. The fourth-order valence-electron chi connectivity index (χ4n) is 8.04. The van der Waals surface area contributed by atoms with Crippen molar-refractivity contribution in [1.82, 2.24) is 15.4 Å². The number of allylic oxidation sites excluding steroid dienone is 1. The number of benzene rings is 1. The number of ether oxygens (including phenoxy) is 2. The fourth-order valence-corrected chi connectivity index (χ4v) is 9.50. The fraction of sp³-hybridized carbons (Fsp3) is 0.675. The lowest BCUT2D eigenvalue weighted by molar-refractivity contribution is -0.0480. The van der Waals surface area contributed by atoms with Gasteiger partial charge in [-0.15, -0.1) is 0 Å². The molecule has 52 heavy (non-hydrogen) atoms. The minimum absolute atomic E-state index is 0.104. The van der Waals surface area contributed by atoms with E-state index < -0.39 is 31.7 Å². The van der Waals surface area contributed by atoms with Crippen molar-refractivity contribution in [3.63, 3.8) is 0 Å². The Balaban J connectivity index is 1.81.